The van der Waals surface area contributed by atoms with Crippen LogP contribution in [0.25, 0.3) is 6.08 Å². The van der Waals surface area contributed by atoms with Gasteiger partial charge in [-0.15, -0.1) is 0 Å². The van der Waals surface area contributed by atoms with Gasteiger partial charge in [-0.2, -0.15) is 0 Å². The van der Waals surface area contributed by atoms with Crippen LogP contribution in [-0.4, -0.2) is 23.3 Å². The number of allylic oxidation sites excluding steroid dienone is 1. The molecule has 1 aliphatic heterocycles. The van der Waals surface area contributed by atoms with Crippen molar-refractivity contribution in [3.05, 3.63) is 117 Å². The number of benzene rings is 2. The molecule has 2 aromatic carbocycles. The predicted molar refractivity (Wildman–Crippen MR) is 134 cm³/mol. The first-order chi connectivity index (χ1) is 16.0. The van der Waals surface area contributed by atoms with Crippen LogP contribution in [0, 0.1) is 0 Å². The molecule has 7 heteroatoms. The van der Waals surface area contributed by atoms with Gasteiger partial charge in [0.1, 0.15) is 11.9 Å². The van der Waals surface area contributed by atoms with Gasteiger partial charge in [0.2, 0.25) is 0 Å². The minimum atomic E-state index is -0.547. The van der Waals surface area contributed by atoms with Crippen LogP contribution in [0.3, 0.4) is 0 Å². The third-order valence-electron chi connectivity index (χ3n) is 5.17. The van der Waals surface area contributed by atoms with Crippen molar-refractivity contribution in [1.82, 2.24) is 15.6 Å². The van der Waals surface area contributed by atoms with Crippen molar-refractivity contribution in [3.8, 4) is 0 Å². The van der Waals surface area contributed by atoms with Crippen LogP contribution in [0.15, 0.2) is 95.4 Å². The van der Waals surface area contributed by atoms with Crippen LogP contribution in [0.5, 0.6) is 0 Å². The third kappa shape index (κ3) is 5.51. The molecule has 0 spiro atoms. The SMILES string of the molecule is CC1=C(C(=O)NC/C=C/c2ccccc2)C(c2ccc(Cl)c(Cl)c2)N=C(c2cccnc2)N1. The zero-order chi connectivity index (χ0) is 23.2. The number of pyridine rings is 1. The molecule has 5 nitrogen and oxygen atoms in total. The van der Waals surface area contributed by atoms with E-state index in [1.165, 1.54) is 0 Å². The number of halogens is 2. The lowest BCUT2D eigenvalue weighted by atomic mass is 9.95. The van der Waals surface area contributed by atoms with Gasteiger partial charge in [-0.25, -0.2) is 0 Å². The summed E-state index contributed by atoms with van der Waals surface area (Å²) >= 11 is 12.4. The Bertz CT molecular complexity index is 1240. The Labute approximate surface area is 202 Å². The Morgan fingerprint density at radius 1 is 1.09 bits per heavy atom. The van der Waals surface area contributed by atoms with Crippen molar-refractivity contribution in [2.24, 2.45) is 4.99 Å². The lowest BCUT2D eigenvalue weighted by molar-refractivity contribution is -0.117. The zero-order valence-electron chi connectivity index (χ0n) is 17.9. The van der Waals surface area contributed by atoms with Crippen molar-refractivity contribution in [3.63, 3.8) is 0 Å². The second-order valence-corrected chi connectivity index (χ2v) is 8.30. The first-order valence-corrected chi connectivity index (χ1v) is 11.2. The number of aliphatic imine (C=N–C) groups is 1. The van der Waals surface area contributed by atoms with Gasteiger partial charge in [0, 0.05) is 30.2 Å². The number of hydrogen-bond acceptors (Lipinski definition) is 4. The largest absolute Gasteiger partial charge is 0.349 e. The standard InChI is InChI=1S/C26H22Cl2N4O/c1-17-23(26(33)30-14-5-9-18-7-3-2-4-8-18)24(19-11-12-21(27)22(28)15-19)32-25(31-17)20-10-6-13-29-16-20/h2-13,15-16,24H,14H2,1H3,(H,30,33)(H,31,32)/b9-5+. The lowest BCUT2D eigenvalue weighted by Gasteiger charge is -2.27. The van der Waals surface area contributed by atoms with Gasteiger partial charge in [0.05, 0.1) is 15.6 Å². The normalized spacial score (nSPS) is 15.8. The highest BCUT2D eigenvalue weighted by atomic mass is 35.5. The quantitative estimate of drug-likeness (QED) is 0.487. The Kier molecular flexibility index (Phi) is 7.23. The van der Waals surface area contributed by atoms with Gasteiger partial charge in [-0.05, 0) is 42.3 Å². The van der Waals surface area contributed by atoms with Gasteiger partial charge < -0.3 is 10.6 Å². The van der Waals surface area contributed by atoms with Crippen LogP contribution < -0.4 is 10.6 Å². The van der Waals surface area contributed by atoms with Crippen molar-refractivity contribution >= 4 is 41.0 Å². The number of carbonyl (C=O) groups excluding carboxylic acids is 1. The molecule has 166 valence electrons. The molecule has 2 heterocycles. The van der Waals surface area contributed by atoms with E-state index in [0.29, 0.717) is 33.7 Å². The summed E-state index contributed by atoms with van der Waals surface area (Å²) in [4.78, 5) is 22.2. The molecule has 1 amide bonds. The molecule has 0 aliphatic carbocycles. The van der Waals surface area contributed by atoms with E-state index in [0.717, 1.165) is 16.7 Å². The monoisotopic (exact) mass is 476 g/mol. The van der Waals surface area contributed by atoms with Crippen LogP contribution in [0.2, 0.25) is 10.0 Å². The van der Waals surface area contributed by atoms with E-state index < -0.39 is 6.04 Å². The van der Waals surface area contributed by atoms with Crippen molar-refractivity contribution in [2.75, 3.05) is 6.54 Å². The first-order valence-electron chi connectivity index (χ1n) is 10.4. The van der Waals surface area contributed by atoms with Crippen LogP contribution in [0.4, 0.5) is 0 Å². The highest BCUT2D eigenvalue weighted by Gasteiger charge is 2.29. The maximum Gasteiger partial charge on any atom is 0.251 e. The predicted octanol–water partition coefficient (Wildman–Crippen LogP) is 5.58. The number of carbonyl (C=O) groups is 1. The molecule has 1 aromatic heterocycles. The van der Waals surface area contributed by atoms with Crippen molar-refractivity contribution in [1.29, 1.82) is 0 Å². The molecule has 3 aromatic rings. The summed E-state index contributed by atoms with van der Waals surface area (Å²) < 4.78 is 0. The maximum absolute atomic E-state index is 13.2. The molecule has 0 saturated heterocycles. The highest BCUT2D eigenvalue weighted by Crippen LogP contribution is 2.34. The lowest BCUT2D eigenvalue weighted by Crippen LogP contribution is -2.36. The van der Waals surface area contributed by atoms with Crippen molar-refractivity contribution in [2.45, 2.75) is 13.0 Å². The Morgan fingerprint density at radius 3 is 2.64 bits per heavy atom. The second-order valence-electron chi connectivity index (χ2n) is 7.48. The fraction of sp³-hybridized carbons (Fsp3) is 0.115. The van der Waals surface area contributed by atoms with Gasteiger partial charge in [0.25, 0.3) is 5.91 Å². The third-order valence-corrected chi connectivity index (χ3v) is 5.91. The number of hydrogen-bond donors (Lipinski definition) is 2. The number of nitrogens with one attached hydrogen (secondary N) is 2. The van der Waals surface area contributed by atoms with Gasteiger partial charge in [-0.3, -0.25) is 14.8 Å². The van der Waals surface area contributed by atoms with E-state index in [1.807, 2.05) is 67.6 Å². The number of aromatic nitrogens is 1. The van der Waals surface area contributed by atoms with Crippen LogP contribution in [-0.2, 0) is 4.79 Å². The topological polar surface area (TPSA) is 66.4 Å². The molecule has 2 N–H and O–H groups in total. The number of amides is 1. The minimum Gasteiger partial charge on any atom is -0.349 e. The van der Waals surface area contributed by atoms with Crippen molar-refractivity contribution < 1.29 is 4.79 Å². The zero-order valence-corrected chi connectivity index (χ0v) is 19.4. The summed E-state index contributed by atoms with van der Waals surface area (Å²) in [6.07, 6.45) is 7.31. The van der Waals surface area contributed by atoms with Crippen LogP contribution in [0.1, 0.15) is 29.7 Å². The maximum atomic E-state index is 13.2. The van der Waals surface area contributed by atoms with Crippen LogP contribution >= 0.6 is 23.2 Å². The fourth-order valence-corrected chi connectivity index (χ4v) is 3.86. The minimum absolute atomic E-state index is 0.206. The fourth-order valence-electron chi connectivity index (χ4n) is 3.55. The summed E-state index contributed by atoms with van der Waals surface area (Å²) in [7, 11) is 0. The molecule has 4 rings (SSSR count). The molecule has 1 atom stereocenters. The summed E-state index contributed by atoms with van der Waals surface area (Å²) in [5.41, 5.74) is 3.91. The van der Waals surface area contributed by atoms with E-state index in [9.17, 15) is 4.79 Å². The number of nitrogens with zero attached hydrogens (tertiary/aromatic N) is 2. The Morgan fingerprint density at radius 2 is 1.91 bits per heavy atom. The molecule has 0 saturated carbocycles. The summed E-state index contributed by atoms with van der Waals surface area (Å²) in [5.74, 6) is 0.431. The molecule has 33 heavy (non-hydrogen) atoms. The Balaban J connectivity index is 1.61. The summed E-state index contributed by atoms with van der Waals surface area (Å²) in [6.45, 7) is 2.25. The molecule has 0 fully saturated rings. The second kappa shape index (κ2) is 10.5. The molecule has 1 unspecified atom stereocenters. The summed E-state index contributed by atoms with van der Waals surface area (Å²) in [5, 5.41) is 7.09. The van der Waals surface area contributed by atoms with Gasteiger partial charge >= 0.3 is 0 Å². The van der Waals surface area contributed by atoms with E-state index in [4.69, 9.17) is 28.2 Å². The highest BCUT2D eigenvalue weighted by molar-refractivity contribution is 6.42. The summed E-state index contributed by atoms with van der Waals surface area (Å²) in [6, 6.07) is 18.4. The molecule has 0 radical (unpaired) electrons. The van der Waals surface area contributed by atoms with E-state index >= 15 is 0 Å². The average Bonchev–Trinajstić information content (AvgIpc) is 2.84. The van der Waals surface area contributed by atoms with Gasteiger partial charge in [0.15, 0.2) is 0 Å². The smallest absolute Gasteiger partial charge is 0.251 e. The Hall–Kier alpha value is -3.41. The molecular weight excluding hydrogens is 455 g/mol. The number of amidine groups is 1. The molecule has 0 bridgehead atoms. The van der Waals surface area contributed by atoms with E-state index in [1.54, 1.807) is 24.5 Å². The molecular formula is C26H22Cl2N4O. The van der Waals surface area contributed by atoms with E-state index in [2.05, 4.69) is 15.6 Å². The number of rotatable bonds is 6. The average molecular weight is 477 g/mol. The van der Waals surface area contributed by atoms with E-state index in [-0.39, 0.29) is 5.91 Å². The van der Waals surface area contributed by atoms with Gasteiger partial charge in [-0.1, -0.05) is 71.8 Å². The molecule has 1 aliphatic rings. The first kappa shape index (κ1) is 22.8.